The molecule has 0 bridgehead atoms. The fourth-order valence-electron chi connectivity index (χ4n) is 2.27. The molecule has 0 aromatic carbocycles. The van der Waals surface area contributed by atoms with Crippen LogP contribution in [0.15, 0.2) is 23.8 Å². The lowest BCUT2D eigenvalue weighted by Crippen LogP contribution is -2.03. The van der Waals surface area contributed by atoms with Gasteiger partial charge in [0.1, 0.15) is 0 Å². The van der Waals surface area contributed by atoms with Crippen LogP contribution in [0.5, 0.6) is 0 Å². The fraction of sp³-hybridized carbons (Fsp3) is 0.667. The summed E-state index contributed by atoms with van der Waals surface area (Å²) < 4.78 is 0. The van der Waals surface area contributed by atoms with Gasteiger partial charge in [-0.3, -0.25) is 0 Å². The van der Waals surface area contributed by atoms with Gasteiger partial charge in [-0.25, -0.2) is 0 Å². The summed E-state index contributed by atoms with van der Waals surface area (Å²) in [6.07, 6.45) is 14.6. The minimum atomic E-state index is 0.922. The van der Waals surface area contributed by atoms with E-state index in [1.165, 1.54) is 32.1 Å². The van der Waals surface area contributed by atoms with Gasteiger partial charge in [-0.05, 0) is 55.4 Å². The smallest absolute Gasteiger partial charge is 0.0165 e. The molecule has 1 atom stereocenters. The molecule has 12 heavy (non-hydrogen) atoms. The molecule has 2 saturated carbocycles. The van der Waals surface area contributed by atoms with Gasteiger partial charge in [0, 0.05) is 0 Å². The SMILES string of the molecule is C1=CC(C2CC2)=CC(C2CC2)C1. The second-order valence-electron chi connectivity index (χ2n) is 4.58. The summed E-state index contributed by atoms with van der Waals surface area (Å²) in [6, 6.07) is 0. The van der Waals surface area contributed by atoms with Crippen molar-refractivity contribution < 1.29 is 0 Å². The number of allylic oxidation sites excluding steroid dienone is 4. The predicted octanol–water partition coefficient (Wildman–Crippen LogP) is 3.31. The van der Waals surface area contributed by atoms with Crippen LogP contribution in [0.3, 0.4) is 0 Å². The lowest BCUT2D eigenvalue weighted by atomic mass is 9.90. The Morgan fingerprint density at radius 2 is 1.92 bits per heavy atom. The lowest BCUT2D eigenvalue weighted by molar-refractivity contribution is 0.565. The van der Waals surface area contributed by atoms with Crippen LogP contribution in [0.4, 0.5) is 0 Å². The fourth-order valence-corrected chi connectivity index (χ4v) is 2.27. The summed E-state index contributed by atoms with van der Waals surface area (Å²) in [5.74, 6) is 2.94. The van der Waals surface area contributed by atoms with E-state index in [4.69, 9.17) is 0 Å². The second kappa shape index (κ2) is 2.48. The molecule has 0 spiro atoms. The lowest BCUT2D eigenvalue weighted by Gasteiger charge is -2.15. The van der Waals surface area contributed by atoms with Crippen molar-refractivity contribution in [2.45, 2.75) is 32.1 Å². The van der Waals surface area contributed by atoms with Crippen molar-refractivity contribution in [3.63, 3.8) is 0 Å². The summed E-state index contributed by atoms with van der Waals surface area (Å²) in [4.78, 5) is 0. The van der Waals surface area contributed by atoms with Gasteiger partial charge < -0.3 is 0 Å². The van der Waals surface area contributed by atoms with Crippen LogP contribution >= 0.6 is 0 Å². The molecular weight excluding hydrogens is 144 g/mol. The highest BCUT2D eigenvalue weighted by molar-refractivity contribution is 5.30. The Hall–Kier alpha value is -0.520. The molecular formula is C12H16. The van der Waals surface area contributed by atoms with Crippen LogP contribution in [0, 0.1) is 17.8 Å². The van der Waals surface area contributed by atoms with Crippen molar-refractivity contribution in [1.82, 2.24) is 0 Å². The summed E-state index contributed by atoms with van der Waals surface area (Å²) >= 11 is 0. The van der Waals surface area contributed by atoms with Crippen LogP contribution in [0.25, 0.3) is 0 Å². The van der Waals surface area contributed by atoms with Gasteiger partial charge in [-0.1, -0.05) is 18.2 Å². The highest BCUT2D eigenvalue weighted by Crippen LogP contribution is 2.45. The summed E-state index contributed by atoms with van der Waals surface area (Å²) in [7, 11) is 0. The molecule has 0 aromatic rings. The first-order valence-electron chi connectivity index (χ1n) is 5.32. The third-order valence-corrected chi connectivity index (χ3v) is 3.40. The molecule has 0 N–H and O–H groups in total. The maximum absolute atomic E-state index is 2.58. The van der Waals surface area contributed by atoms with Gasteiger partial charge in [-0.15, -0.1) is 0 Å². The van der Waals surface area contributed by atoms with E-state index in [1.807, 2.05) is 0 Å². The van der Waals surface area contributed by atoms with Crippen molar-refractivity contribution in [3.8, 4) is 0 Å². The molecule has 3 aliphatic carbocycles. The zero-order chi connectivity index (χ0) is 7.97. The molecule has 0 heterocycles. The van der Waals surface area contributed by atoms with Crippen molar-refractivity contribution in [1.29, 1.82) is 0 Å². The minimum absolute atomic E-state index is 0.922. The quantitative estimate of drug-likeness (QED) is 0.581. The first kappa shape index (κ1) is 6.94. The topological polar surface area (TPSA) is 0 Å². The predicted molar refractivity (Wildman–Crippen MR) is 50.8 cm³/mol. The van der Waals surface area contributed by atoms with Crippen molar-refractivity contribution in [3.05, 3.63) is 23.8 Å². The monoisotopic (exact) mass is 160 g/mol. The largest absolute Gasteiger partial charge is 0.0837 e. The third-order valence-electron chi connectivity index (χ3n) is 3.40. The van der Waals surface area contributed by atoms with E-state index in [9.17, 15) is 0 Å². The highest BCUT2D eigenvalue weighted by Gasteiger charge is 2.32. The van der Waals surface area contributed by atoms with Gasteiger partial charge in [0.2, 0.25) is 0 Å². The van der Waals surface area contributed by atoms with Crippen molar-refractivity contribution in [2.75, 3.05) is 0 Å². The molecule has 3 aliphatic rings. The normalized spacial score (nSPS) is 35.0. The van der Waals surface area contributed by atoms with E-state index in [0.29, 0.717) is 0 Å². The third kappa shape index (κ3) is 1.24. The van der Waals surface area contributed by atoms with Crippen LogP contribution in [0.1, 0.15) is 32.1 Å². The van der Waals surface area contributed by atoms with Gasteiger partial charge in [0.25, 0.3) is 0 Å². The Kier molecular flexibility index (Phi) is 1.44. The molecule has 64 valence electrons. The van der Waals surface area contributed by atoms with Gasteiger partial charge in [0.05, 0.1) is 0 Å². The van der Waals surface area contributed by atoms with Crippen molar-refractivity contribution in [2.24, 2.45) is 17.8 Å². The molecule has 0 nitrogen and oxygen atoms in total. The highest BCUT2D eigenvalue weighted by atomic mass is 14.4. The van der Waals surface area contributed by atoms with Crippen LogP contribution in [-0.2, 0) is 0 Å². The Balaban J connectivity index is 1.76. The molecule has 2 fully saturated rings. The Labute approximate surface area is 74.4 Å². The van der Waals surface area contributed by atoms with Gasteiger partial charge in [-0.2, -0.15) is 0 Å². The summed E-state index contributed by atoms with van der Waals surface area (Å²) in [5, 5.41) is 0. The molecule has 3 rings (SSSR count). The number of rotatable bonds is 2. The minimum Gasteiger partial charge on any atom is -0.0837 e. The molecule has 0 amide bonds. The van der Waals surface area contributed by atoms with Crippen LogP contribution < -0.4 is 0 Å². The number of hydrogen-bond donors (Lipinski definition) is 0. The Bertz CT molecular complexity index is 239. The average molecular weight is 160 g/mol. The molecule has 0 heteroatoms. The van der Waals surface area contributed by atoms with E-state index in [-0.39, 0.29) is 0 Å². The standard InChI is InChI=1S/C12H16/c1-2-11(9-4-5-9)8-12(3-1)10-6-7-10/h1-2,8-10,12H,3-7H2. The van der Waals surface area contributed by atoms with E-state index in [1.54, 1.807) is 5.57 Å². The van der Waals surface area contributed by atoms with E-state index < -0.39 is 0 Å². The van der Waals surface area contributed by atoms with Crippen molar-refractivity contribution >= 4 is 0 Å². The number of hydrogen-bond acceptors (Lipinski definition) is 0. The van der Waals surface area contributed by atoms with E-state index >= 15 is 0 Å². The molecule has 0 aromatic heterocycles. The average Bonchev–Trinajstić information content (AvgIpc) is 2.98. The van der Waals surface area contributed by atoms with E-state index in [0.717, 1.165) is 17.8 Å². The molecule has 1 unspecified atom stereocenters. The van der Waals surface area contributed by atoms with Crippen LogP contribution in [-0.4, -0.2) is 0 Å². The van der Waals surface area contributed by atoms with E-state index in [2.05, 4.69) is 18.2 Å². The second-order valence-corrected chi connectivity index (χ2v) is 4.58. The maximum atomic E-state index is 2.58. The molecule has 0 aliphatic heterocycles. The molecule has 0 saturated heterocycles. The molecule has 0 radical (unpaired) electrons. The Morgan fingerprint density at radius 3 is 2.58 bits per heavy atom. The Morgan fingerprint density at radius 1 is 1.08 bits per heavy atom. The zero-order valence-corrected chi connectivity index (χ0v) is 7.50. The maximum Gasteiger partial charge on any atom is -0.0165 e. The summed E-state index contributed by atoms with van der Waals surface area (Å²) in [6.45, 7) is 0. The summed E-state index contributed by atoms with van der Waals surface area (Å²) in [5.41, 5.74) is 1.66. The first-order valence-corrected chi connectivity index (χ1v) is 5.32. The van der Waals surface area contributed by atoms with Gasteiger partial charge >= 0.3 is 0 Å². The first-order chi connectivity index (χ1) is 5.93. The van der Waals surface area contributed by atoms with Crippen LogP contribution in [0.2, 0.25) is 0 Å². The van der Waals surface area contributed by atoms with Gasteiger partial charge in [0.15, 0.2) is 0 Å². The zero-order valence-electron chi connectivity index (χ0n) is 7.50.